The zero-order valence-electron chi connectivity index (χ0n) is 8.23. The third-order valence-electron chi connectivity index (χ3n) is 2.51. The predicted octanol–water partition coefficient (Wildman–Crippen LogP) is 3.07. The van der Waals surface area contributed by atoms with Gasteiger partial charge in [0.15, 0.2) is 11.6 Å². The van der Waals surface area contributed by atoms with Crippen molar-refractivity contribution in [3.05, 3.63) is 29.3 Å². The number of rotatable bonds is 0. The zero-order chi connectivity index (χ0) is 10.3. The van der Waals surface area contributed by atoms with Crippen LogP contribution in [0.2, 0.25) is 0 Å². The predicted molar refractivity (Wildman–Crippen MR) is 49.4 cm³/mol. The van der Waals surface area contributed by atoms with Crippen molar-refractivity contribution >= 4 is 0 Å². The Labute approximate surface area is 81.7 Å². The monoisotopic (exact) mass is 198 g/mol. The average Bonchev–Trinajstić information content (AvgIpc) is 2.11. The minimum Gasteiger partial charge on any atom is -0.484 e. The maximum atomic E-state index is 13.3. The van der Waals surface area contributed by atoms with Crippen LogP contribution in [0.1, 0.15) is 25.8 Å². The molecule has 0 N–H and O–H groups in total. The van der Waals surface area contributed by atoms with Gasteiger partial charge >= 0.3 is 0 Å². The van der Waals surface area contributed by atoms with Crippen molar-refractivity contribution in [1.82, 2.24) is 0 Å². The first-order chi connectivity index (χ1) is 6.49. The summed E-state index contributed by atoms with van der Waals surface area (Å²) in [6.45, 7) is 3.75. The molecule has 0 atom stereocenters. The molecule has 1 aliphatic rings. The first-order valence-electron chi connectivity index (χ1n) is 4.65. The lowest BCUT2D eigenvalue weighted by atomic mass is 9.94. The van der Waals surface area contributed by atoms with E-state index in [1.54, 1.807) is 6.07 Å². The van der Waals surface area contributed by atoms with Crippen molar-refractivity contribution in [3.8, 4) is 5.75 Å². The van der Waals surface area contributed by atoms with Crippen LogP contribution in [0.5, 0.6) is 5.75 Å². The van der Waals surface area contributed by atoms with Crippen molar-refractivity contribution in [2.45, 2.75) is 32.3 Å². The molecule has 1 aromatic carbocycles. The molecular weight excluding hydrogens is 186 g/mol. The Kier molecular flexibility index (Phi) is 1.98. The van der Waals surface area contributed by atoms with Crippen molar-refractivity contribution < 1.29 is 13.5 Å². The minimum atomic E-state index is -0.865. The van der Waals surface area contributed by atoms with Crippen LogP contribution in [0.25, 0.3) is 0 Å². The summed E-state index contributed by atoms with van der Waals surface area (Å²) in [5.74, 6) is -1.63. The third-order valence-corrected chi connectivity index (χ3v) is 2.51. The van der Waals surface area contributed by atoms with Gasteiger partial charge in [0.25, 0.3) is 0 Å². The Bertz CT molecular complexity index is 372. The molecule has 0 aromatic heterocycles. The fourth-order valence-electron chi connectivity index (χ4n) is 1.64. The lowest BCUT2D eigenvalue weighted by Crippen LogP contribution is -2.33. The van der Waals surface area contributed by atoms with Crippen LogP contribution < -0.4 is 4.74 Å². The van der Waals surface area contributed by atoms with Crippen LogP contribution in [-0.4, -0.2) is 5.60 Å². The van der Waals surface area contributed by atoms with Crippen molar-refractivity contribution in [2.75, 3.05) is 0 Å². The highest BCUT2D eigenvalue weighted by molar-refractivity contribution is 5.38. The van der Waals surface area contributed by atoms with Crippen molar-refractivity contribution in [2.24, 2.45) is 0 Å². The summed E-state index contributed by atoms with van der Waals surface area (Å²) in [6, 6.07) is 2.73. The highest BCUT2D eigenvalue weighted by atomic mass is 19.2. The van der Waals surface area contributed by atoms with Gasteiger partial charge in [-0.15, -0.1) is 0 Å². The van der Waals surface area contributed by atoms with E-state index in [9.17, 15) is 8.78 Å². The van der Waals surface area contributed by atoms with Crippen molar-refractivity contribution in [1.29, 1.82) is 0 Å². The highest BCUT2D eigenvalue weighted by Crippen LogP contribution is 2.35. The number of halogens is 2. The van der Waals surface area contributed by atoms with E-state index in [1.807, 2.05) is 13.8 Å². The summed E-state index contributed by atoms with van der Waals surface area (Å²) >= 11 is 0. The molecule has 0 aliphatic carbocycles. The molecular formula is C11H12F2O. The molecule has 0 saturated carbocycles. The summed E-state index contributed by atoms with van der Waals surface area (Å²) in [5, 5.41) is 0. The van der Waals surface area contributed by atoms with Crippen LogP contribution in [0, 0.1) is 11.6 Å². The average molecular weight is 198 g/mol. The number of benzene rings is 1. The van der Waals surface area contributed by atoms with Gasteiger partial charge in [0.1, 0.15) is 5.60 Å². The van der Waals surface area contributed by atoms with Crippen LogP contribution in [-0.2, 0) is 6.42 Å². The second kappa shape index (κ2) is 2.94. The Balaban J connectivity index is 2.49. The fourth-order valence-corrected chi connectivity index (χ4v) is 1.64. The molecule has 1 nitrogen and oxygen atoms in total. The van der Waals surface area contributed by atoms with Crippen molar-refractivity contribution in [3.63, 3.8) is 0 Å². The first-order valence-corrected chi connectivity index (χ1v) is 4.65. The molecule has 0 radical (unpaired) electrons. The molecule has 1 aliphatic heterocycles. The number of aryl methyl sites for hydroxylation is 1. The molecule has 2 rings (SSSR count). The minimum absolute atomic E-state index is 0.0845. The summed E-state index contributed by atoms with van der Waals surface area (Å²) in [6.07, 6.45) is 1.56. The van der Waals surface area contributed by atoms with Crippen LogP contribution in [0.15, 0.2) is 12.1 Å². The maximum absolute atomic E-state index is 13.3. The molecule has 0 unspecified atom stereocenters. The van der Waals surface area contributed by atoms with E-state index in [1.165, 1.54) is 0 Å². The number of ether oxygens (including phenoxy) is 1. The number of hydrogen-bond acceptors (Lipinski definition) is 1. The maximum Gasteiger partial charge on any atom is 0.200 e. The molecule has 0 saturated heterocycles. The van der Waals surface area contributed by atoms with Gasteiger partial charge in [-0.1, -0.05) is 6.07 Å². The molecule has 0 spiro atoms. The molecule has 1 aromatic rings. The first kappa shape index (κ1) is 9.44. The Hall–Kier alpha value is -1.12. The lowest BCUT2D eigenvalue weighted by molar-refractivity contribution is 0.0778. The number of hydrogen-bond donors (Lipinski definition) is 0. The standard InChI is InChI=1S/C11H12F2O/c1-11(2)6-5-7-3-4-8(12)9(13)10(7)14-11/h3-4H,5-6H2,1-2H3. The fraction of sp³-hybridized carbons (Fsp3) is 0.455. The third kappa shape index (κ3) is 1.47. The van der Waals surface area contributed by atoms with E-state index in [0.717, 1.165) is 24.5 Å². The summed E-state index contributed by atoms with van der Waals surface area (Å²) < 4.78 is 31.6. The van der Waals surface area contributed by atoms with E-state index in [-0.39, 0.29) is 5.75 Å². The molecule has 14 heavy (non-hydrogen) atoms. The van der Waals surface area contributed by atoms with E-state index in [0.29, 0.717) is 0 Å². The van der Waals surface area contributed by atoms with Gasteiger partial charge in [-0.25, -0.2) is 4.39 Å². The van der Waals surface area contributed by atoms with Gasteiger partial charge in [-0.3, -0.25) is 0 Å². The molecule has 76 valence electrons. The smallest absolute Gasteiger partial charge is 0.200 e. The zero-order valence-corrected chi connectivity index (χ0v) is 8.23. The molecule has 0 amide bonds. The molecule has 1 heterocycles. The summed E-state index contributed by atoms with van der Waals surface area (Å²) in [7, 11) is 0. The largest absolute Gasteiger partial charge is 0.484 e. The Morgan fingerprint density at radius 3 is 2.71 bits per heavy atom. The normalized spacial score (nSPS) is 18.6. The summed E-state index contributed by atoms with van der Waals surface area (Å²) in [5.41, 5.74) is 0.352. The van der Waals surface area contributed by atoms with E-state index >= 15 is 0 Å². The second-order valence-electron chi connectivity index (χ2n) is 4.21. The van der Waals surface area contributed by atoms with Gasteiger partial charge in [-0.05, 0) is 38.3 Å². The van der Waals surface area contributed by atoms with E-state index < -0.39 is 17.2 Å². The lowest BCUT2D eigenvalue weighted by Gasteiger charge is -2.32. The highest BCUT2D eigenvalue weighted by Gasteiger charge is 2.29. The van der Waals surface area contributed by atoms with E-state index in [2.05, 4.69) is 0 Å². The molecule has 0 fully saturated rings. The molecule has 0 bridgehead atoms. The Morgan fingerprint density at radius 1 is 1.29 bits per heavy atom. The van der Waals surface area contributed by atoms with Gasteiger partial charge in [0, 0.05) is 0 Å². The van der Waals surface area contributed by atoms with E-state index in [4.69, 9.17) is 4.74 Å². The topological polar surface area (TPSA) is 9.23 Å². The van der Waals surface area contributed by atoms with Gasteiger partial charge in [0.2, 0.25) is 5.82 Å². The Morgan fingerprint density at radius 2 is 2.00 bits per heavy atom. The van der Waals surface area contributed by atoms with Crippen LogP contribution in [0.4, 0.5) is 8.78 Å². The molecule has 3 heteroatoms. The van der Waals surface area contributed by atoms with Crippen LogP contribution >= 0.6 is 0 Å². The van der Waals surface area contributed by atoms with Gasteiger partial charge in [-0.2, -0.15) is 4.39 Å². The van der Waals surface area contributed by atoms with Gasteiger partial charge < -0.3 is 4.74 Å². The van der Waals surface area contributed by atoms with Crippen LogP contribution in [0.3, 0.4) is 0 Å². The summed E-state index contributed by atoms with van der Waals surface area (Å²) in [4.78, 5) is 0. The number of fused-ring (bicyclic) bond motifs is 1. The second-order valence-corrected chi connectivity index (χ2v) is 4.21. The quantitative estimate of drug-likeness (QED) is 0.622. The van der Waals surface area contributed by atoms with Gasteiger partial charge in [0.05, 0.1) is 0 Å². The SMILES string of the molecule is CC1(C)CCc2ccc(F)c(F)c2O1.